The Morgan fingerprint density at radius 2 is 1.66 bits per heavy atom. The number of thiocarbonyl (C=S) groups is 1. The highest BCUT2D eigenvalue weighted by atomic mass is 32.2. The lowest BCUT2D eigenvalue weighted by molar-refractivity contribution is 0.516. The van der Waals surface area contributed by atoms with Crippen LogP contribution in [0.5, 0.6) is 0 Å². The van der Waals surface area contributed by atoms with Gasteiger partial charge in [0.1, 0.15) is 16.5 Å². The van der Waals surface area contributed by atoms with Crippen LogP contribution in [0.1, 0.15) is 5.76 Å². The molecule has 4 aromatic rings. The topological polar surface area (TPSA) is 50.1 Å². The number of pyridine rings is 1. The van der Waals surface area contributed by atoms with Crippen molar-refractivity contribution in [3.8, 4) is 11.3 Å². The van der Waals surface area contributed by atoms with E-state index in [0.29, 0.717) is 11.7 Å². The molecule has 2 aromatic heterocycles. The molecule has 2 aromatic carbocycles. The summed E-state index contributed by atoms with van der Waals surface area (Å²) in [6.07, 6.45) is 1.78. The summed E-state index contributed by atoms with van der Waals surface area (Å²) in [5.74, 6) is 1.66. The largest absolute Gasteiger partial charge is 0.459 e. The molecule has 4 nitrogen and oxygen atoms in total. The van der Waals surface area contributed by atoms with Crippen molar-refractivity contribution in [1.29, 1.82) is 0 Å². The number of furan rings is 1. The van der Waals surface area contributed by atoms with Gasteiger partial charge in [-0.1, -0.05) is 60.3 Å². The van der Waals surface area contributed by atoms with Crippen LogP contribution in [-0.4, -0.2) is 10.1 Å². The molecule has 2 heterocycles. The van der Waals surface area contributed by atoms with Crippen LogP contribution in [0.4, 0.5) is 5.69 Å². The van der Waals surface area contributed by atoms with Crippen LogP contribution in [0.2, 0.25) is 0 Å². The van der Waals surface area contributed by atoms with Gasteiger partial charge in [-0.3, -0.25) is 0 Å². The highest BCUT2D eigenvalue weighted by molar-refractivity contribution is 7.99. The predicted octanol–water partition coefficient (Wildman–Crippen LogP) is 5.98. The Labute approximate surface area is 179 Å². The number of anilines is 1. The van der Waals surface area contributed by atoms with Crippen molar-refractivity contribution in [3.63, 3.8) is 0 Å². The fraction of sp³-hybridized carbons (Fsp3) is 0.0435. The standard InChI is InChI=1S/C23H19N3OS2/c28-23(25-16-19-12-13-21(27-19)17-7-3-1-4-8-17)26-18-11-14-22(24-15-18)29-20-9-5-2-6-10-20/h1-15H,16H2,(H2,25,26,28). The fourth-order valence-electron chi connectivity index (χ4n) is 2.70. The van der Waals surface area contributed by atoms with Crippen molar-refractivity contribution in [2.24, 2.45) is 0 Å². The summed E-state index contributed by atoms with van der Waals surface area (Å²) in [5, 5.41) is 7.76. The van der Waals surface area contributed by atoms with Crippen LogP contribution < -0.4 is 10.6 Å². The summed E-state index contributed by atoms with van der Waals surface area (Å²) < 4.78 is 5.88. The molecule has 0 fully saturated rings. The van der Waals surface area contributed by atoms with Gasteiger partial charge in [0.2, 0.25) is 0 Å². The number of benzene rings is 2. The van der Waals surface area contributed by atoms with E-state index >= 15 is 0 Å². The molecule has 0 amide bonds. The van der Waals surface area contributed by atoms with Crippen LogP contribution in [0.3, 0.4) is 0 Å². The first-order chi connectivity index (χ1) is 14.3. The lowest BCUT2D eigenvalue weighted by Gasteiger charge is -2.09. The molecule has 29 heavy (non-hydrogen) atoms. The van der Waals surface area contributed by atoms with Crippen LogP contribution in [0.15, 0.2) is 105 Å². The normalized spacial score (nSPS) is 10.5. The quantitative estimate of drug-likeness (QED) is 0.376. The number of rotatable bonds is 6. The zero-order chi connectivity index (χ0) is 19.9. The maximum absolute atomic E-state index is 5.88. The van der Waals surface area contributed by atoms with E-state index in [0.717, 1.165) is 32.7 Å². The van der Waals surface area contributed by atoms with Gasteiger partial charge in [-0.25, -0.2) is 4.98 Å². The molecule has 0 spiro atoms. The number of aromatic nitrogens is 1. The maximum atomic E-state index is 5.88. The van der Waals surface area contributed by atoms with Crippen molar-refractivity contribution >= 4 is 34.8 Å². The molecule has 0 aliphatic heterocycles. The molecule has 0 bridgehead atoms. The highest BCUT2D eigenvalue weighted by Crippen LogP contribution is 2.26. The van der Waals surface area contributed by atoms with Crippen LogP contribution in [0.25, 0.3) is 11.3 Å². The summed E-state index contributed by atoms with van der Waals surface area (Å²) in [5.41, 5.74) is 1.89. The first-order valence-electron chi connectivity index (χ1n) is 9.14. The molecular weight excluding hydrogens is 398 g/mol. The molecule has 6 heteroatoms. The molecule has 2 N–H and O–H groups in total. The number of hydrogen-bond acceptors (Lipinski definition) is 4. The summed E-state index contributed by atoms with van der Waals surface area (Å²) in [7, 11) is 0. The first-order valence-corrected chi connectivity index (χ1v) is 10.4. The van der Waals surface area contributed by atoms with Gasteiger partial charge in [0.25, 0.3) is 0 Å². The van der Waals surface area contributed by atoms with E-state index in [2.05, 4.69) is 27.8 Å². The van der Waals surface area contributed by atoms with Crippen molar-refractivity contribution in [2.45, 2.75) is 16.5 Å². The van der Waals surface area contributed by atoms with E-state index in [1.807, 2.05) is 72.8 Å². The summed E-state index contributed by atoms with van der Waals surface area (Å²) in [4.78, 5) is 5.64. The molecular formula is C23H19N3OS2. The van der Waals surface area contributed by atoms with Gasteiger partial charge in [-0.2, -0.15) is 0 Å². The van der Waals surface area contributed by atoms with E-state index in [9.17, 15) is 0 Å². The summed E-state index contributed by atoms with van der Waals surface area (Å²) in [6.45, 7) is 0.508. The van der Waals surface area contributed by atoms with Crippen molar-refractivity contribution in [2.75, 3.05) is 5.32 Å². The monoisotopic (exact) mass is 417 g/mol. The van der Waals surface area contributed by atoms with Crippen molar-refractivity contribution in [3.05, 3.63) is 96.9 Å². The van der Waals surface area contributed by atoms with E-state index in [1.54, 1.807) is 18.0 Å². The maximum Gasteiger partial charge on any atom is 0.171 e. The smallest absolute Gasteiger partial charge is 0.171 e. The Morgan fingerprint density at radius 1 is 0.897 bits per heavy atom. The van der Waals surface area contributed by atoms with Crippen molar-refractivity contribution < 1.29 is 4.42 Å². The SMILES string of the molecule is S=C(NCc1ccc(-c2ccccc2)o1)Nc1ccc(Sc2ccccc2)nc1. The Balaban J connectivity index is 1.28. The average Bonchev–Trinajstić information content (AvgIpc) is 3.24. The molecule has 0 saturated heterocycles. The third kappa shape index (κ3) is 5.47. The molecule has 0 aliphatic rings. The molecule has 4 rings (SSSR count). The van der Waals surface area contributed by atoms with E-state index < -0.39 is 0 Å². The molecule has 0 radical (unpaired) electrons. The Hall–Kier alpha value is -3.09. The first kappa shape index (κ1) is 19.2. The van der Waals surface area contributed by atoms with Gasteiger partial charge in [0.15, 0.2) is 5.11 Å². The molecule has 144 valence electrons. The van der Waals surface area contributed by atoms with Crippen LogP contribution in [-0.2, 0) is 6.54 Å². The summed E-state index contributed by atoms with van der Waals surface area (Å²) in [6, 6.07) is 28.0. The minimum absolute atomic E-state index is 0.508. The number of hydrogen-bond donors (Lipinski definition) is 2. The molecule has 0 atom stereocenters. The van der Waals surface area contributed by atoms with E-state index in [-0.39, 0.29) is 0 Å². The van der Waals surface area contributed by atoms with Gasteiger partial charge >= 0.3 is 0 Å². The van der Waals surface area contributed by atoms with Crippen molar-refractivity contribution in [1.82, 2.24) is 10.3 Å². The zero-order valence-electron chi connectivity index (χ0n) is 15.5. The third-order valence-corrected chi connectivity index (χ3v) is 5.31. The second kappa shape index (κ2) is 9.41. The molecule has 0 aliphatic carbocycles. The van der Waals surface area contributed by atoms with E-state index in [1.165, 1.54) is 0 Å². The van der Waals surface area contributed by atoms with Gasteiger partial charge < -0.3 is 15.1 Å². The number of nitrogens with zero attached hydrogens (tertiary/aromatic N) is 1. The fourth-order valence-corrected chi connectivity index (χ4v) is 3.66. The predicted molar refractivity (Wildman–Crippen MR) is 122 cm³/mol. The Morgan fingerprint density at radius 3 is 2.38 bits per heavy atom. The highest BCUT2D eigenvalue weighted by Gasteiger charge is 2.06. The average molecular weight is 418 g/mol. The minimum Gasteiger partial charge on any atom is -0.459 e. The molecule has 0 unspecified atom stereocenters. The summed E-state index contributed by atoms with van der Waals surface area (Å²) >= 11 is 7.00. The number of nitrogens with one attached hydrogen (secondary N) is 2. The lowest BCUT2D eigenvalue weighted by atomic mass is 10.2. The lowest BCUT2D eigenvalue weighted by Crippen LogP contribution is -2.27. The third-order valence-electron chi connectivity index (χ3n) is 4.10. The van der Waals surface area contributed by atoms with Gasteiger partial charge in [0.05, 0.1) is 18.4 Å². The van der Waals surface area contributed by atoms with E-state index in [4.69, 9.17) is 16.6 Å². The van der Waals surface area contributed by atoms with Crippen LogP contribution in [0, 0.1) is 0 Å². The Bertz CT molecular complexity index is 1060. The molecule has 0 saturated carbocycles. The minimum atomic E-state index is 0.508. The van der Waals surface area contributed by atoms with Crippen LogP contribution >= 0.6 is 24.0 Å². The van der Waals surface area contributed by atoms with Gasteiger partial charge in [-0.15, -0.1) is 0 Å². The second-order valence-corrected chi connectivity index (χ2v) is 7.74. The van der Waals surface area contributed by atoms with Gasteiger partial charge in [-0.05, 0) is 48.6 Å². The van der Waals surface area contributed by atoms with Gasteiger partial charge in [0, 0.05) is 10.5 Å². The Kier molecular flexibility index (Phi) is 6.24. The zero-order valence-corrected chi connectivity index (χ0v) is 17.2. The second-order valence-electron chi connectivity index (χ2n) is 6.24.